The summed E-state index contributed by atoms with van der Waals surface area (Å²) < 4.78 is 0. The van der Waals surface area contributed by atoms with E-state index in [-0.39, 0.29) is 6.61 Å². The second-order valence-electron chi connectivity index (χ2n) is 14.5. The van der Waals surface area contributed by atoms with Crippen molar-refractivity contribution in [2.24, 2.45) is 0 Å². The fourth-order valence-corrected chi connectivity index (χ4v) is 8.59. The first-order valence-electron chi connectivity index (χ1n) is 21.3. The standard InChI is InChI=1S/C42H83NO3S2/c1-4-7-10-13-16-22-30-39-47-41(45)33-26-20-17-21-28-35-43(37-38-44)36-29-23-27-34-42(46)48-40(31-24-18-14-11-8-5-2)32-25-19-15-12-9-6-3/h40,44H,4-39H2,1-3H3. The first kappa shape index (κ1) is 48.0. The average molecular weight is 714 g/mol. The van der Waals surface area contributed by atoms with Gasteiger partial charge in [-0.1, -0.05) is 186 Å². The zero-order valence-corrected chi connectivity index (χ0v) is 34.2. The van der Waals surface area contributed by atoms with Crippen molar-refractivity contribution in [3.63, 3.8) is 0 Å². The van der Waals surface area contributed by atoms with Crippen LogP contribution in [0.3, 0.4) is 0 Å². The molecule has 0 aliphatic heterocycles. The molecule has 0 bridgehead atoms. The predicted octanol–water partition coefficient (Wildman–Crippen LogP) is 13.3. The monoisotopic (exact) mass is 714 g/mol. The van der Waals surface area contributed by atoms with Gasteiger partial charge in [-0.2, -0.15) is 0 Å². The second kappa shape index (κ2) is 39.7. The molecule has 0 atom stereocenters. The van der Waals surface area contributed by atoms with Gasteiger partial charge in [0, 0.05) is 30.4 Å². The number of hydrogen-bond acceptors (Lipinski definition) is 6. The Kier molecular flexibility index (Phi) is 39.7. The molecule has 0 fully saturated rings. The lowest BCUT2D eigenvalue weighted by Gasteiger charge is -2.21. The minimum atomic E-state index is 0.215. The van der Waals surface area contributed by atoms with Gasteiger partial charge in [0.05, 0.1) is 6.61 Å². The highest BCUT2D eigenvalue weighted by Gasteiger charge is 2.15. The summed E-state index contributed by atoms with van der Waals surface area (Å²) in [4.78, 5) is 27.5. The summed E-state index contributed by atoms with van der Waals surface area (Å²) in [5, 5.41) is 10.9. The second-order valence-corrected chi connectivity index (χ2v) is 17.0. The zero-order chi connectivity index (χ0) is 35.2. The highest BCUT2D eigenvalue weighted by molar-refractivity contribution is 8.14. The van der Waals surface area contributed by atoms with Crippen LogP contribution in [0.2, 0.25) is 0 Å². The van der Waals surface area contributed by atoms with Gasteiger partial charge in [0.1, 0.15) is 0 Å². The van der Waals surface area contributed by atoms with Crippen LogP contribution in [-0.2, 0) is 9.59 Å². The topological polar surface area (TPSA) is 57.6 Å². The number of carbonyl (C=O) groups excluding carboxylic acids is 2. The molecular weight excluding hydrogens is 631 g/mol. The Balaban J connectivity index is 4.01. The quantitative estimate of drug-likeness (QED) is 0.0640. The number of unbranched alkanes of at least 4 members (excludes halogenated alkanes) is 22. The van der Waals surface area contributed by atoms with Crippen molar-refractivity contribution in [1.82, 2.24) is 4.90 Å². The summed E-state index contributed by atoms with van der Waals surface area (Å²) in [7, 11) is 0. The number of carbonyl (C=O) groups is 2. The summed E-state index contributed by atoms with van der Waals surface area (Å²) in [5.74, 6) is 1.00. The SMILES string of the molecule is CCCCCCCCCSC(=O)CCCCCCCN(CCO)CCCCCC(=O)SC(CCCCCCCC)CCCCCCCC. The molecule has 1 N–H and O–H groups in total. The van der Waals surface area contributed by atoms with Gasteiger partial charge in [-0.25, -0.2) is 0 Å². The van der Waals surface area contributed by atoms with E-state index in [0.717, 1.165) is 70.3 Å². The van der Waals surface area contributed by atoms with Gasteiger partial charge in [0.25, 0.3) is 0 Å². The van der Waals surface area contributed by atoms with Crippen LogP contribution in [0.15, 0.2) is 0 Å². The molecule has 0 unspecified atom stereocenters. The fraction of sp³-hybridized carbons (Fsp3) is 0.952. The Morgan fingerprint density at radius 3 is 1.38 bits per heavy atom. The Bertz CT molecular complexity index is 661. The Hall–Kier alpha value is -0.0400. The zero-order valence-electron chi connectivity index (χ0n) is 32.6. The largest absolute Gasteiger partial charge is 0.395 e. The van der Waals surface area contributed by atoms with E-state index in [2.05, 4.69) is 25.7 Å². The van der Waals surface area contributed by atoms with E-state index < -0.39 is 0 Å². The average Bonchev–Trinajstić information content (AvgIpc) is 3.08. The van der Waals surface area contributed by atoms with Gasteiger partial charge in [-0.3, -0.25) is 9.59 Å². The summed E-state index contributed by atoms with van der Waals surface area (Å²) in [6, 6.07) is 0. The molecule has 48 heavy (non-hydrogen) atoms. The van der Waals surface area contributed by atoms with Crippen LogP contribution in [0.1, 0.15) is 220 Å². The molecule has 0 radical (unpaired) electrons. The number of thioether (sulfide) groups is 2. The number of rotatable bonds is 39. The van der Waals surface area contributed by atoms with Gasteiger partial charge in [-0.05, 0) is 58.0 Å². The summed E-state index contributed by atoms with van der Waals surface area (Å²) >= 11 is 3.24. The number of aliphatic hydroxyl groups excluding tert-OH is 1. The molecule has 0 aliphatic carbocycles. The third-order valence-electron chi connectivity index (χ3n) is 9.70. The van der Waals surface area contributed by atoms with Gasteiger partial charge >= 0.3 is 0 Å². The van der Waals surface area contributed by atoms with Crippen molar-refractivity contribution in [3.8, 4) is 0 Å². The molecule has 0 saturated heterocycles. The van der Waals surface area contributed by atoms with Crippen molar-refractivity contribution in [2.45, 2.75) is 225 Å². The van der Waals surface area contributed by atoms with Crippen LogP contribution in [-0.4, -0.2) is 57.5 Å². The Morgan fingerprint density at radius 2 is 0.875 bits per heavy atom. The number of nitrogens with zero attached hydrogens (tertiary/aromatic N) is 1. The van der Waals surface area contributed by atoms with Crippen molar-refractivity contribution >= 4 is 33.8 Å². The lowest BCUT2D eigenvalue weighted by molar-refractivity contribution is -0.111. The molecule has 0 amide bonds. The molecule has 0 rings (SSSR count). The Morgan fingerprint density at radius 1 is 0.479 bits per heavy atom. The summed E-state index contributed by atoms with van der Waals surface area (Å²) in [6.45, 7) is 9.83. The molecule has 0 aliphatic rings. The summed E-state index contributed by atoms with van der Waals surface area (Å²) in [5.41, 5.74) is 0. The van der Waals surface area contributed by atoms with E-state index >= 15 is 0 Å². The van der Waals surface area contributed by atoms with Crippen molar-refractivity contribution < 1.29 is 14.7 Å². The predicted molar refractivity (Wildman–Crippen MR) is 218 cm³/mol. The molecule has 0 spiro atoms. The van der Waals surface area contributed by atoms with Crippen molar-refractivity contribution in [3.05, 3.63) is 0 Å². The van der Waals surface area contributed by atoms with Gasteiger partial charge in [-0.15, -0.1) is 0 Å². The van der Waals surface area contributed by atoms with E-state index in [9.17, 15) is 14.7 Å². The number of aliphatic hydroxyl groups is 1. The lowest BCUT2D eigenvalue weighted by atomic mass is 10.0. The third-order valence-corrected chi connectivity index (χ3v) is 12.0. The van der Waals surface area contributed by atoms with Crippen LogP contribution < -0.4 is 0 Å². The van der Waals surface area contributed by atoms with Gasteiger partial charge in [0.15, 0.2) is 10.2 Å². The highest BCUT2D eigenvalue weighted by Crippen LogP contribution is 2.27. The molecule has 0 aromatic heterocycles. The van der Waals surface area contributed by atoms with Gasteiger partial charge < -0.3 is 10.0 Å². The molecule has 0 heterocycles. The summed E-state index contributed by atoms with van der Waals surface area (Å²) in [6.07, 6.45) is 37.9. The molecule has 0 saturated carbocycles. The molecule has 0 aromatic carbocycles. The first-order chi connectivity index (χ1) is 23.6. The van der Waals surface area contributed by atoms with E-state index in [1.165, 1.54) is 148 Å². The molecule has 6 heteroatoms. The van der Waals surface area contributed by atoms with Crippen LogP contribution in [0.25, 0.3) is 0 Å². The van der Waals surface area contributed by atoms with Gasteiger partial charge in [0.2, 0.25) is 0 Å². The normalized spacial score (nSPS) is 11.7. The minimum Gasteiger partial charge on any atom is -0.395 e. The number of hydrogen-bond donors (Lipinski definition) is 1. The smallest absolute Gasteiger partial charge is 0.189 e. The lowest BCUT2D eigenvalue weighted by Crippen LogP contribution is -2.29. The Labute approximate surface area is 309 Å². The molecule has 0 aromatic rings. The van der Waals surface area contributed by atoms with E-state index in [1.54, 1.807) is 23.5 Å². The highest BCUT2D eigenvalue weighted by atomic mass is 32.2. The maximum absolute atomic E-state index is 12.9. The molecular formula is C42H83NO3S2. The van der Waals surface area contributed by atoms with E-state index in [4.69, 9.17) is 0 Å². The van der Waals surface area contributed by atoms with E-state index in [1.807, 2.05) is 0 Å². The minimum absolute atomic E-state index is 0.215. The molecule has 286 valence electrons. The first-order valence-corrected chi connectivity index (χ1v) is 23.1. The fourth-order valence-electron chi connectivity index (χ4n) is 6.52. The van der Waals surface area contributed by atoms with Crippen LogP contribution >= 0.6 is 23.5 Å². The third kappa shape index (κ3) is 35.8. The van der Waals surface area contributed by atoms with E-state index in [0.29, 0.717) is 21.9 Å². The maximum Gasteiger partial charge on any atom is 0.189 e. The maximum atomic E-state index is 12.9. The van der Waals surface area contributed by atoms with Crippen molar-refractivity contribution in [2.75, 3.05) is 32.0 Å². The van der Waals surface area contributed by atoms with Crippen LogP contribution in [0, 0.1) is 0 Å². The molecule has 4 nitrogen and oxygen atoms in total. The van der Waals surface area contributed by atoms with Crippen LogP contribution in [0.4, 0.5) is 0 Å². The van der Waals surface area contributed by atoms with Crippen LogP contribution in [0.5, 0.6) is 0 Å². The van der Waals surface area contributed by atoms with Crippen molar-refractivity contribution in [1.29, 1.82) is 0 Å².